The Bertz CT molecular complexity index is 795. The fourth-order valence-electron chi connectivity index (χ4n) is 2.28. The quantitative estimate of drug-likeness (QED) is 0.779. The molecule has 0 saturated heterocycles. The lowest BCUT2D eigenvalue weighted by atomic mass is 10.2. The molecule has 1 amide bonds. The lowest BCUT2D eigenvalue weighted by Crippen LogP contribution is -2.34. The third kappa shape index (κ3) is 3.84. The van der Waals surface area contributed by atoms with Crippen LogP contribution in [0.1, 0.15) is 27.2 Å². The van der Waals surface area contributed by atoms with Crippen LogP contribution in [-0.4, -0.2) is 22.1 Å². The number of thiophene rings is 1. The molecular formula is C17H17N3O2S. The van der Waals surface area contributed by atoms with E-state index in [1.807, 2.05) is 19.1 Å². The molecule has 0 bridgehead atoms. The summed E-state index contributed by atoms with van der Waals surface area (Å²) in [6.07, 6.45) is 4.14. The summed E-state index contributed by atoms with van der Waals surface area (Å²) in [4.78, 5) is 18.7. The zero-order chi connectivity index (χ0) is 16.2. The van der Waals surface area contributed by atoms with Gasteiger partial charge in [-0.2, -0.15) is 0 Å². The van der Waals surface area contributed by atoms with E-state index in [-0.39, 0.29) is 17.6 Å². The molecule has 3 aromatic rings. The van der Waals surface area contributed by atoms with Gasteiger partial charge in [0, 0.05) is 46.2 Å². The lowest BCUT2D eigenvalue weighted by molar-refractivity contribution is 0.0931. The maximum atomic E-state index is 12.3. The van der Waals surface area contributed by atoms with E-state index < -0.39 is 0 Å². The molecule has 0 aliphatic rings. The van der Waals surface area contributed by atoms with Gasteiger partial charge in [-0.1, -0.05) is 5.16 Å². The summed E-state index contributed by atoms with van der Waals surface area (Å²) in [7, 11) is 0. The highest BCUT2D eigenvalue weighted by molar-refractivity contribution is 7.11. The summed E-state index contributed by atoms with van der Waals surface area (Å²) in [5.41, 5.74) is 1.12. The average Bonchev–Trinajstić information content (AvgIpc) is 3.17. The fraction of sp³-hybridized carbons (Fsp3) is 0.235. The predicted octanol–water partition coefficient (Wildman–Crippen LogP) is 3.47. The van der Waals surface area contributed by atoms with Crippen molar-refractivity contribution in [3.05, 3.63) is 58.2 Å². The van der Waals surface area contributed by atoms with Crippen LogP contribution in [-0.2, 0) is 6.42 Å². The Morgan fingerprint density at radius 3 is 2.78 bits per heavy atom. The van der Waals surface area contributed by atoms with E-state index in [2.05, 4.69) is 34.5 Å². The van der Waals surface area contributed by atoms with Gasteiger partial charge in [0.05, 0.1) is 0 Å². The molecule has 6 heteroatoms. The molecule has 0 unspecified atom stereocenters. The van der Waals surface area contributed by atoms with Gasteiger partial charge in [0.1, 0.15) is 0 Å². The van der Waals surface area contributed by atoms with E-state index in [0.717, 1.165) is 12.0 Å². The van der Waals surface area contributed by atoms with E-state index in [4.69, 9.17) is 4.52 Å². The number of rotatable bonds is 5. The summed E-state index contributed by atoms with van der Waals surface area (Å²) >= 11 is 1.75. The number of carbonyl (C=O) groups is 1. The van der Waals surface area contributed by atoms with E-state index in [9.17, 15) is 4.79 Å². The van der Waals surface area contributed by atoms with Crippen LogP contribution in [0.25, 0.3) is 11.3 Å². The minimum atomic E-state index is -0.227. The first-order valence-electron chi connectivity index (χ1n) is 7.35. The first-order valence-corrected chi connectivity index (χ1v) is 8.17. The van der Waals surface area contributed by atoms with Crippen molar-refractivity contribution in [3.8, 4) is 11.3 Å². The molecule has 0 aromatic carbocycles. The molecule has 5 nitrogen and oxygen atoms in total. The number of amides is 1. The first-order chi connectivity index (χ1) is 11.1. The second-order valence-corrected chi connectivity index (χ2v) is 6.78. The number of hydrogen-bond donors (Lipinski definition) is 1. The van der Waals surface area contributed by atoms with Gasteiger partial charge in [-0.05, 0) is 38.1 Å². The molecule has 0 radical (unpaired) electrons. The molecule has 0 fully saturated rings. The van der Waals surface area contributed by atoms with Crippen molar-refractivity contribution < 1.29 is 9.32 Å². The third-order valence-corrected chi connectivity index (χ3v) is 4.41. The van der Waals surface area contributed by atoms with Gasteiger partial charge >= 0.3 is 0 Å². The number of pyridine rings is 1. The first kappa shape index (κ1) is 15.4. The Balaban J connectivity index is 1.63. The molecule has 118 valence electrons. The van der Waals surface area contributed by atoms with Gasteiger partial charge in [0.25, 0.3) is 5.91 Å². The van der Waals surface area contributed by atoms with Crippen LogP contribution < -0.4 is 5.32 Å². The summed E-state index contributed by atoms with van der Waals surface area (Å²) in [6.45, 7) is 4.06. The highest BCUT2D eigenvalue weighted by Crippen LogP contribution is 2.20. The standard InChI is InChI=1S/C17H17N3O2S/c1-11(9-14-4-3-12(2)23-14)19-17(21)15-10-16(22-20-15)13-5-7-18-8-6-13/h3-8,10-11H,9H2,1-2H3,(H,19,21)/t11-/m0/s1. The van der Waals surface area contributed by atoms with Gasteiger partial charge in [0.2, 0.25) is 0 Å². The average molecular weight is 327 g/mol. The fourth-order valence-corrected chi connectivity index (χ4v) is 3.30. The minimum Gasteiger partial charge on any atom is -0.355 e. The number of hydrogen-bond acceptors (Lipinski definition) is 5. The van der Waals surface area contributed by atoms with Gasteiger partial charge in [0.15, 0.2) is 11.5 Å². The highest BCUT2D eigenvalue weighted by atomic mass is 32.1. The molecule has 3 aromatic heterocycles. The van der Waals surface area contributed by atoms with Crippen LogP contribution in [0.2, 0.25) is 0 Å². The predicted molar refractivity (Wildman–Crippen MR) is 89.4 cm³/mol. The molecule has 0 saturated carbocycles. The van der Waals surface area contributed by atoms with Crippen molar-refractivity contribution in [1.29, 1.82) is 0 Å². The summed E-state index contributed by atoms with van der Waals surface area (Å²) in [5.74, 6) is 0.328. The Labute approximate surface area is 138 Å². The molecule has 3 rings (SSSR count). The molecule has 0 aliphatic heterocycles. The van der Waals surface area contributed by atoms with E-state index in [1.165, 1.54) is 9.75 Å². The smallest absolute Gasteiger partial charge is 0.273 e. The van der Waals surface area contributed by atoms with Gasteiger partial charge < -0.3 is 9.84 Å². The molecule has 1 N–H and O–H groups in total. The highest BCUT2D eigenvalue weighted by Gasteiger charge is 2.16. The molecule has 3 heterocycles. The van der Waals surface area contributed by atoms with Gasteiger partial charge in [-0.3, -0.25) is 9.78 Å². The van der Waals surface area contributed by atoms with Crippen LogP contribution >= 0.6 is 11.3 Å². The topological polar surface area (TPSA) is 68.0 Å². The van der Waals surface area contributed by atoms with Crippen molar-refractivity contribution in [3.63, 3.8) is 0 Å². The van der Waals surface area contributed by atoms with E-state index >= 15 is 0 Å². The van der Waals surface area contributed by atoms with Crippen LogP contribution in [0.5, 0.6) is 0 Å². The molecule has 0 spiro atoms. The third-order valence-electron chi connectivity index (χ3n) is 3.39. The normalized spacial score (nSPS) is 12.1. The van der Waals surface area contributed by atoms with Crippen LogP contribution in [0.4, 0.5) is 0 Å². The number of aryl methyl sites for hydroxylation is 1. The number of nitrogens with one attached hydrogen (secondary N) is 1. The molecule has 0 aliphatic carbocycles. The Morgan fingerprint density at radius 1 is 1.30 bits per heavy atom. The SMILES string of the molecule is Cc1ccc(C[C@H](C)NC(=O)c2cc(-c3ccncc3)on2)s1. The molecular weight excluding hydrogens is 310 g/mol. The van der Waals surface area contributed by atoms with E-state index in [1.54, 1.807) is 29.8 Å². The molecule has 23 heavy (non-hydrogen) atoms. The maximum Gasteiger partial charge on any atom is 0.273 e. The maximum absolute atomic E-state index is 12.3. The molecule has 1 atom stereocenters. The largest absolute Gasteiger partial charge is 0.355 e. The van der Waals surface area contributed by atoms with Crippen LogP contribution in [0, 0.1) is 6.92 Å². The minimum absolute atomic E-state index is 0.0293. The second-order valence-electron chi connectivity index (χ2n) is 5.40. The van der Waals surface area contributed by atoms with Crippen molar-refractivity contribution in [1.82, 2.24) is 15.5 Å². The Hall–Kier alpha value is -2.47. The van der Waals surface area contributed by atoms with Gasteiger partial charge in [-0.15, -0.1) is 11.3 Å². The lowest BCUT2D eigenvalue weighted by Gasteiger charge is -2.11. The zero-order valence-electron chi connectivity index (χ0n) is 12.9. The van der Waals surface area contributed by atoms with E-state index in [0.29, 0.717) is 5.76 Å². The van der Waals surface area contributed by atoms with Crippen LogP contribution in [0.3, 0.4) is 0 Å². The van der Waals surface area contributed by atoms with Crippen molar-refractivity contribution in [2.45, 2.75) is 26.3 Å². The second kappa shape index (κ2) is 6.75. The summed E-state index contributed by atoms with van der Waals surface area (Å²) in [5, 5.41) is 6.80. The Morgan fingerprint density at radius 2 is 2.09 bits per heavy atom. The summed E-state index contributed by atoms with van der Waals surface area (Å²) in [6, 6.07) is 9.48. The summed E-state index contributed by atoms with van der Waals surface area (Å²) < 4.78 is 5.24. The van der Waals surface area contributed by atoms with Gasteiger partial charge in [-0.25, -0.2) is 0 Å². The van der Waals surface area contributed by atoms with Crippen molar-refractivity contribution >= 4 is 17.2 Å². The Kier molecular flexibility index (Phi) is 4.52. The number of nitrogens with zero attached hydrogens (tertiary/aromatic N) is 2. The zero-order valence-corrected chi connectivity index (χ0v) is 13.8. The number of carbonyl (C=O) groups excluding carboxylic acids is 1. The van der Waals surface area contributed by atoms with Crippen molar-refractivity contribution in [2.75, 3.05) is 0 Å². The van der Waals surface area contributed by atoms with Crippen LogP contribution in [0.15, 0.2) is 47.2 Å². The van der Waals surface area contributed by atoms with Crippen molar-refractivity contribution in [2.24, 2.45) is 0 Å². The monoisotopic (exact) mass is 327 g/mol. The number of aromatic nitrogens is 2.